The third-order valence-corrected chi connectivity index (χ3v) is 2.61. The maximum Gasteiger partial charge on any atom is 0.411 e. The smallest absolute Gasteiger partial charge is 0.411 e. The molecule has 18 heavy (non-hydrogen) atoms. The first kappa shape index (κ1) is 14.5. The molecule has 0 aromatic heterocycles. The molecular weight excluding hydrogens is 228 g/mol. The van der Waals surface area contributed by atoms with Crippen LogP contribution in [-0.4, -0.2) is 19.2 Å². The molecule has 1 unspecified atom stereocenters. The second-order valence-corrected chi connectivity index (χ2v) is 4.15. The molecule has 0 heterocycles. The van der Waals surface area contributed by atoms with Crippen LogP contribution in [0.2, 0.25) is 0 Å². The first-order valence-electron chi connectivity index (χ1n) is 6.44. The van der Waals surface area contributed by atoms with Gasteiger partial charge in [0.15, 0.2) is 0 Å². The summed E-state index contributed by atoms with van der Waals surface area (Å²) >= 11 is 0. The lowest BCUT2D eigenvalue weighted by atomic mass is 10.1. The molecule has 0 fully saturated rings. The van der Waals surface area contributed by atoms with Crippen molar-refractivity contribution in [1.29, 1.82) is 0 Å². The highest BCUT2D eigenvalue weighted by Gasteiger charge is 2.06. The minimum atomic E-state index is -0.413. The van der Waals surface area contributed by atoms with Crippen LogP contribution in [0.4, 0.5) is 10.5 Å². The Morgan fingerprint density at radius 2 is 2.17 bits per heavy atom. The molecule has 1 atom stereocenters. The van der Waals surface area contributed by atoms with Crippen LogP contribution in [0.5, 0.6) is 0 Å². The standard InChI is InChI=1S/C14H22N2O2/c1-4-9-15-11(3)12-7-6-8-13(10-12)16-14(17)18-5-2/h6-8,10-11,15H,4-5,9H2,1-3H3,(H,16,17). The van der Waals surface area contributed by atoms with E-state index in [-0.39, 0.29) is 6.04 Å². The number of hydrogen-bond acceptors (Lipinski definition) is 3. The Labute approximate surface area is 109 Å². The molecule has 0 aliphatic rings. The lowest BCUT2D eigenvalue weighted by molar-refractivity contribution is 0.168. The highest BCUT2D eigenvalue weighted by Crippen LogP contribution is 2.17. The molecule has 0 saturated carbocycles. The van der Waals surface area contributed by atoms with E-state index in [1.54, 1.807) is 6.92 Å². The van der Waals surface area contributed by atoms with E-state index in [0.29, 0.717) is 6.61 Å². The molecule has 2 N–H and O–H groups in total. The summed E-state index contributed by atoms with van der Waals surface area (Å²) < 4.78 is 4.85. The molecule has 1 aromatic rings. The predicted molar refractivity (Wildman–Crippen MR) is 73.8 cm³/mol. The minimum Gasteiger partial charge on any atom is -0.450 e. The van der Waals surface area contributed by atoms with Crippen molar-refractivity contribution < 1.29 is 9.53 Å². The lowest BCUT2D eigenvalue weighted by Gasteiger charge is -2.15. The summed E-state index contributed by atoms with van der Waals surface area (Å²) in [5.41, 5.74) is 1.91. The van der Waals surface area contributed by atoms with E-state index in [0.717, 1.165) is 24.2 Å². The topological polar surface area (TPSA) is 50.4 Å². The van der Waals surface area contributed by atoms with Gasteiger partial charge in [0, 0.05) is 11.7 Å². The van der Waals surface area contributed by atoms with E-state index in [1.165, 1.54) is 0 Å². The van der Waals surface area contributed by atoms with Crippen LogP contribution in [0.15, 0.2) is 24.3 Å². The Morgan fingerprint density at radius 3 is 2.83 bits per heavy atom. The van der Waals surface area contributed by atoms with Crippen molar-refractivity contribution in [2.24, 2.45) is 0 Å². The summed E-state index contributed by atoms with van der Waals surface area (Å²) in [5.74, 6) is 0. The number of rotatable bonds is 6. The van der Waals surface area contributed by atoms with Crippen LogP contribution in [0.3, 0.4) is 0 Å². The molecule has 0 bridgehead atoms. The zero-order valence-corrected chi connectivity index (χ0v) is 11.3. The fourth-order valence-electron chi connectivity index (χ4n) is 1.65. The second kappa shape index (κ2) is 7.71. The summed E-state index contributed by atoms with van der Waals surface area (Å²) in [6, 6.07) is 8.07. The fourth-order valence-corrected chi connectivity index (χ4v) is 1.65. The summed E-state index contributed by atoms with van der Waals surface area (Å²) in [6.45, 7) is 7.39. The molecule has 4 nitrogen and oxygen atoms in total. The summed E-state index contributed by atoms with van der Waals surface area (Å²) in [6.07, 6.45) is 0.689. The number of hydrogen-bond donors (Lipinski definition) is 2. The fraction of sp³-hybridized carbons (Fsp3) is 0.500. The van der Waals surface area contributed by atoms with Gasteiger partial charge in [-0.15, -0.1) is 0 Å². The molecule has 0 aliphatic carbocycles. The van der Waals surface area contributed by atoms with Gasteiger partial charge in [0.1, 0.15) is 0 Å². The van der Waals surface area contributed by atoms with Crippen molar-refractivity contribution in [2.45, 2.75) is 33.2 Å². The van der Waals surface area contributed by atoms with Crippen LogP contribution in [0, 0.1) is 0 Å². The highest BCUT2D eigenvalue weighted by molar-refractivity contribution is 5.84. The Morgan fingerprint density at radius 1 is 1.39 bits per heavy atom. The Balaban J connectivity index is 2.63. The number of carbonyl (C=O) groups excluding carboxylic acids is 1. The van der Waals surface area contributed by atoms with Gasteiger partial charge in [0.25, 0.3) is 0 Å². The average molecular weight is 250 g/mol. The molecule has 1 rings (SSSR count). The van der Waals surface area contributed by atoms with E-state index in [4.69, 9.17) is 4.74 Å². The number of ether oxygens (including phenoxy) is 1. The lowest BCUT2D eigenvalue weighted by Crippen LogP contribution is -2.19. The third kappa shape index (κ3) is 4.75. The van der Waals surface area contributed by atoms with E-state index in [9.17, 15) is 4.79 Å². The summed E-state index contributed by atoms with van der Waals surface area (Å²) in [4.78, 5) is 11.3. The van der Waals surface area contributed by atoms with Crippen LogP contribution in [-0.2, 0) is 4.74 Å². The largest absolute Gasteiger partial charge is 0.450 e. The van der Waals surface area contributed by atoms with Gasteiger partial charge >= 0.3 is 6.09 Å². The Bertz CT molecular complexity index is 380. The van der Waals surface area contributed by atoms with E-state index in [2.05, 4.69) is 24.5 Å². The molecule has 0 radical (unpaired) electrons. The molecule has 100 valence electrons. The molecule has 0 spiro atoms. The van der Waals surface area contributed by atoms with Crippen molar-refractivity contribution in [3.63, 3.8) is 0 Å². The van der Waals surface area contributed by atoms with Crippen molar-refractivity contribution in [3.8, 4) is 0 Å². The van der Waals surface area contributed by atoms with Crippen molar-refractivity contribution >= 4 is 11.8 Å². The first-order valence-corrected chi connectivity index (χ1v) is 6.44. The number of carbonyl (C=O) groups is 1. The maximum absolute atomic E-state index is 11.3. The predicted octanol–water partition coefficient (Wildman–Crippen LogP) is 3.32. The van der Waals surface area contributed by atoms with Gasteiger partial charge in [-0.2, -0.15) is 0 Å². The highest BCUT2D eigenvalue weighted by atomic mass is 16.5. The van der Waals surface area contributed by atoms with Gasteiger partial charge < -0.3 is 10.1 Å². The van der Waals surface area contributed by atoms with Gasteiger partial charge in [-0.25, -0.2) is 4.79 Å². The van der Waals surface area contributed by atoms with E-state index in [1.807, 2.05) is 24.3 Å². The van der Waals surface area contributed by atoms with Crippen molar-refractivity contribution in [2.75, 3.05) is 18.5 Å². The van der Waals surface area contributed by atoms with E-state index < -0.39 is 6.09 Å². The Hall–Kier alpha value is -1.55. The molecule has 0 saturated heterocycles. The SMILES string of the molecule is CCCNC(C)c1cccc(NC(=O)OCC)c1. The third-order valence-electron chi connectivity index (χ3n) is 2.61. The van der Waals surface area contributed by atoms with Gasteiger partial charge in [-0.3, -0.25) is 5.32 Å². The maximum atomic E-state index is 11.3. The van der Waals surface area contributed by atoms with Crippen molar-refractivity contribution in [3.05, 3.63) is 29.8 Å². The van der Waals surface area contributed by atoms with Gasteiger partial charge in [-0.05, 0) is 44.5 Å². The zero-order chi connectivity index (χ0) is 13.4. The molecular formula is C14H22N2O2. The van der Waals surface area contributed by atoms with Gasteiger partial charge in [0.2, 0.25) is 0 Å². The second-order valence-electron chi connectivity index (χ2n) is 4.15. The van der Waals surface area contributed by atoms with Gasteiger partial charge in [-0.1, -0.05) is 19.1 Å². The minimum absolute atomic E-state index is 0.272. The van der Waals surface area contributed by atoms with Crippen LogP contribution >= 0.6 is 0 Å². The van der Waals surface area contributed by atoms with Gasteiger partial charge in [0.05, 0.1) is 6.61 Å². The molecule has 0 aliphatic heterocycles. The van der Waals surface area contributed by atoms with Crippen LogP contribution in [0.25, 0.3) is 0 Å². The zero-order valence-electron chi connectivity index (χ0n) is 11.3. The molecule has 1 aromatic carbocycles. The average Bonchev–Trinajstić information content (AvgIpc) is 2.36. The quantitative estimate of drug-likeness (QED) is 0.814. The first-order chi connectivity index (χ1) is 8.67. The number of nitrogens with one attached hydrogen (secondary N) is 2. The van der Waals surface area contributed by atoms with Crippen molar-refractivity contribution in [1.82, 2.24) is 5.32 Å². The molecule has 4 heteroatoms. The number of benzene rings is 1. The van der Waals surface area contributed by atoms with Crippen LogP contribution in [0.1, 0.15) is 38.8 Å². The number of anilines is 1. The monoisotopic (exact) mass is 250 g/mol. The van der Waals surface area contributed by atoms with E-state index >= 15 is 0 Å². The molecule has 1 amide bonds. The normalized spacial score (nSPS) is 11.9. The Kier molecular flexibility index (Phi) is 6.22. The van der Waals surface area contributed by atoms with Crippen LogP contribution < -0.4 is 10.6 Å². The summed E-state index contributed by atoms with van der Waals surface area (Å²) in [7, 11) is 0. The summed E-state index contributed by atoms with van der Waals surface area (Å²) in [5, 5.41) is 6.12. The number of amides is 1.